The number of likely N-dealkylation sites (tertiary alicyclic amines) is 1. The van der Waals surface area contributed by atoms with Crippen LogP contribution in [0.4, 0.5) is 0 Å². The smallest absolute Gasteiger partial charge is 0.239 e. The Balaban J connectivity index is 2.34. The molecule has 0 aromatic rings. The molecule has 1 fully saturated rings. The molecule has 1 heterocycles. The molecular formula is C14H28N4O2. The van der Waals surface area contributed by atoms with Crippen LogP contribution in [0.3, 0.4) is 0 Å². The topological polar surface area (TPSA) is 87.5 Å². The Hall–Kier alpha value is -1.14. The van der Waals surface area contributed by atoms with Crippen molar-refractivity contribution in [1.82, 2.24) is 15.5 Å². The van der Waals surface area contributed by atoms with Crippen LogP contribution in [0.25, 0.3) is 0 Å². The van der Waals surface area contributed by atoms with Crippen molar-refractivity contribution in [2.75, 3.05) is 32.7 Å². The van der Waals surface area contributed by atoms with Crippen LogP contribution >= 0.6 is 0 Å². The number of amides is 2. The molecule has 1 aliphatic heterocycles. The summed E-state index contributed by atoms with van der Waals surface area (Å²) >= 11 is 0. The van der Waals surface area contributed by atoms with E-state index in [1.54, 1.807) is 0 Å². The lowest BCUT2D eigenvalue weighted by atomic mass is 9.93. The van der Waals surface area contributed by atoms with Crippen LogP contribution < -0.4 is 16.4 Å². The quantitative estimate of drug-likeness (QED) is 0.624. The lowest BCUT2D eigenvalue weighted by Gasteiger charge is -2.43. The molecule has 116 valence electrons. The normalized spacial score (nSPS) is 20.5. The molecule has 1 unspecified atom stereocenters. The van der Waals surface area contributed by atoms with E-state index in [2.05, 4.69) is 36.3 Å². The van der Waals surface area contributed by atoms with Crippen LogP contribution in [0, 0.1) is 5.92 Å². The fraction of sp³-hybridized carbons (Fsp3) is 0.857. The Morgan fingerprint density at radius 2 is 2.00 bits per heavy atom. The minimum absolute atomic E-state index is 0.0114. The van der Waals surface area contributed by atoms with Crippen molar-refractivity contribution >= 4 is 11.8 Å². The lowest BCUT2D eigenvalue weighted by Crippen LogP contribution is -2.55. The van der Waals surface area contributed by atoms with Crippen molar-refractivity contribution in [3.05, 3.63) is 0 Å². The van der Waals surface area contributed by atoms with Gasteiger partial charge in [0.15, 0.2) is 0 Å². The van der Waals surface area contributed by atoms with Crippen molar-refractivity contribution in [2.45, 2.75) is 39.2 Å². The third-order valence-electron chi connectivity index (χ3n) is 3.86. The molecule has 0 aliphatic carbocycles. The summed E-state index contributed by atoms with van der Waals surface area (Å²) in [6.07, 6.45) is 2.50. The molecule has 1 saturated heterocycles. The van der Waals surface area contributed by atoms with Gasteiger partial charge in [-0.3, -0.25) is 14.5 Å². The van der Waals surface area contributed by atoms with Gasteiger partial charge in [0.1, 0.15) is 0 Å². The standard InChI is InChI=1S/C14H28N4O2/c1-11-5-4-6-18(9-11)14(2,3)10-17-13(20)8-16-12(19)7-15/h11H,4-10,15H2,1-3H3,(H,16,19)(H,17,20). The van der Waals surface area contributed by atoms with Gasteiger partial charge in [0.05, 0.1) is 13.1 Å². The highest BCUT2D eigenvalue weighted by Gasteiger charge is 2.30. The van der Waals surface area contributed by atoms with E-state index < -0.39 is 0 Å². The van der Waals surface area contributed by atoms with Crippen molar-refractivity contribution in [3.63, 3.8) is 0 Å². The third-order valence-corrected chi connectivity index (χ3v) is 3.86. The Bertz CT molecular complexity index is 344. The number of nitrogens with two attached hydrogens (primary N) is 1. The number of rotatable bonds is 6. The van der Waals surface area contributed by atoms with Crippen LogP contribution in [0.1, 0.15) is 33.6 Å². The Morgan fingerprint density at radius 3 is 2.60 bits per heavy atom. The maximum absolute atomic E-state index is 11.7. The van der Waals surface area contributed by atoms with E-state index in [1.165, 1.54) is 12.8 Å². The molecule has 1 aliphatic rings. The molecule has 6 nitrogen and oxygen atoms in total. The summed E-state index contributed by atoms with van der Waals surface area (Å²) in [6, 6.07) is 0. The number of hydrogen-bond donors (Lipinski definition) is 3. The van der Waals surface area contributed by atoms with Crippen molar-refractivity contribution in [3.8, 4) is 0 Å². The molecule has 1 atom stereocenters. The number of piperidine rings is 1. The first-order valence-corrected chi connectivity index (χ1v) is 7.33. The van der Waals surface area contributed by atoms with Crippen LogP contribution in [-0.2, 0) is 9.59 Å². The molecule has 0 saturated carbocycles. The molecule has 0 aromatic carbocycles. The SMILES string of the molecule is CC1CCCN(C(C)(C)CNC(=O)CNC(=O)CN)C1. The predicted octanol–water partition coefficient (Wildman–Crippen LogP) is -0.312. The molecule has 20 heavy (non-hydrogen) atoms. The molecule has 0 aromatic heterocycles. The number of carbonyl (C=O) groups is 2. The fourth-order valence-corrected chi connectivity index (χ4v) is 2.48. The van der Waals surface area contributed by atoms with Gasteiger partial charge in [-0.2, -0.15) is 0 Å². The summed E-state index contributed by atoms with van der Waals surface area (Å²) in [4.78, 5) is 25.1. The number of nitrogens with one attached hydrogen (secondary N) is 2. The first-order valence-electron chi connectivity index (χ1n) is 7.33. The monoisotopic (exact) mass is 284 g/mol. The van der Waals surface area contributed by atoms with Gasteiger partial charge in [0.2, 0.25) is 11.8 Å². The van der Waals surface area contributed by atoms with Crippen LogP contribution in [0.15, 0.2) is 0 Å². The molecule has 6 heteroatoms. The van der Waals surface area contributed by atoms with Crippen LogP contribution in [0.2, 0.25) is 0 Å². The summed E-state index contributed by atoms with van der Waals surface area (Å²) in [6.45, 7) is 9.19. The van der Waals surface area contributed by atoms with Gasteiger partial charge >= 0.3 is 0 Å². The second kappa shape index (κ2) is 7.59. The van der Waals surface area contributed by atoms with Gasteiger partial charge in [-0.1, -0.05) is 6.92 Å². The minimum Gasteiger partial charge on any atom is -0.353 e. The van der Waals surface area contributed by atoms with Crippen LogP contribution in [0.5, 0.6) is 0 Å². The van der Waals surface area contributed by atoms with Gasteiger partial charge < -0.3 is 16.4 Å². The zero-order valence-electron chi connectivity index (χ0n) is 12.9. The van der Waals surface area contributed by atoms with E-state index in [1.807, 2.05) is 0 Å². The highest BCUT2D eigenvalue weighted by molar-refractivity contribution is 5.85. The third kappa shape index (κ3) is 5.46. The van der Waals surface area contributed by atoms with Crippen molar-refractivity contribution in [1.29, 1.82) is 0 Å². The van der Waals surface area contributed by atoms with E-state index in [4.69, 9.17) is 5.73 Å². The van der Waals surface area contributed by atoms with Gasteiger partial charge in [0.25, 0.3) is 0 Å². The molecule has 1 rings (SSSR count). The van der Waals surface area contributed by atoms with Gasteiger partial charge in [0, 0.05) is 18.6 Å². The van der Waals surface area contributed by atoms with E-state index in [0.717, 1.165) is 13.1 Å². The largest absolute Gasteiger partial charge is 0.353 e. The van der Waals surface area contributed by atoms with Gasteiger partial charge in [-0.05, 0) is 39.2 Å². The van der Waals surface area contributed by atoms with Gasteiger partial charge in [-0.15, -0.1) is 0 Å². The van der Waals surface area contributed by atoms with E-state index >= 15 is 0 Å². The van der Waals surface area contributed by atoms with Crippen LogP contribution in [-0.4, -0.2) is 55.0 Å². The van der Waals surface area contributed by atoms with Crippen molar-refractivity contribution in [2.24, 2.45) is 11.7 Å². The summed E-state index contributed by atoms with van der Waals surface area (Å²) in [5.74, 6) is 0.219. The highest BCUT2D eigenvalue weighted by Crippen LogP contribution is 2.23. The first-order chi connectivity index (χ1) is 9.35. The predicted molar refractivity (Wildman–Crippen MR) is 79.1 cm³/mol. The molecule has 2 amide bonds. The minimum atomic E-state index is -0.315. The van der Waals surface area contributed by atoms with E-state index in [9.17, 15) is 9.59 Å². The Labute approximate surface area is 121 Å². The fourth-order valence-electron chi connectivity index (χ4n) is 2.48. The zero-order chi connectivity index (χ0) is 15.2. The number of carbonyl (C=O) groups excluding carboxylic acids is 2. The molecule has 4 N–H and O–H groups in total. The Kier molecular flexibility index (Phi) is 6.42. The maximum Gasteiger partial charge on any atom is 0.239 e. The second-order valence-electron chi connectivity index (χ2n) is 6.26. The average molecular weight is 284 g/mol. The lowest BCUT2D eigenvalue weighted by molar-refractivity contribution is -0.125. The summed E-state index contributed by atoms with van der Waals surface area (Å²) in [5.41, 5.74) is 5.09. The maximum atomic E-state index is 11.7. The number of hydrogen-bond acceptors (Lipinski definition) is 4. The zero-order valence-corrected chi connectivity index (χ0v) is 12.9. The van der Waals surface area contributed by atoms with Crippen molar-refractivity contribution < 1.29 is 9.59 Å². The summed E-state index contributed by atoms with van der Waals surface area (Å²) in [5, 5.41) is 5.34. The average Bonchev–Trinajstić information content (AvgIpc) is 2.42. The first kappa shape index (κ1) is 16.9. The highest BCUT2D eigenvalue weighted by atomic mass is 16.2. The van der Waals surface area contributed by atoms with Gasteiger partial charge in [-0.25, -0.2) is 0 Å². The summed E-state index contributed by atoms with van der Waals surface area (Å²) < 4.78 is 0. The molecular weight excluding hydrogens is 256 g/mol. The summed E-state index contributed by atoms with van der Waals surface area (Å²) in [7, 11) is 0. The van der Waals surface area contributed by atoms with E-state index in [0.29, 0.717) is 12.5 Å². The molecule has 0 radical (unpaired) electrons. The van der Waals surface area contributed by atoms with E-state index in [-0.39, 0.29) is 30.4 Å². The molecule has 0 spiro atoms. The Morgan fingerprint density at radius 1 is 1.30 bits per heavy atom. The molecule has 0 bridgehead atoms. The second-order valence-corrected chi connectivity index (χ2v) is 6.26. The number of nitrogens with zero attached hydrogens (tertiary/aromatic N) is 1.